The number of hydrogen-bond donors (Lipinski definition) is 1. The fourth-order valence-corrected chi connectivity index (χ4v) is 4.07. The molecule has 1 atom stereocenters. The lowest BCUT2D eigenvalue weighted by atomic mass is 10.2. The van der Waals surface area contributed by atoms with E-state index in [9.17, 15) is 8.42 Å². The van der Waals surface area contributed by atoms with E-state index in [1.165, 1.54) is 10.5 Å². The Morgan fingerprint density at radius 2 is 2.10 bits per heavy atom. The maximum absolute atomic E-state index is 12.7. The van der Waals surface area contributed by atoms with Crippen LogP contribution in [0.1, 0.15) is 6.42 Å². The average molecular weight is 293 g/mol. The van der Waals surface area contributed by atoms with Crippen LogP contribution >= 0.6 is 0 Å². The topological polar surface area (TPSA) is 89.4 Å². The van der Waals surface area contributed by atoms with Crippen LogP contribution in [-0.2, 0) is 10.0 Å². The van der Waals surface area contributed by atoms with Crippen molar-refractivity contribution in [1.82, 2.24) is 9.46 Å². The molecule has 0 radical (unpaired) electrons. The number of sulfonamides is 1. The summed E-state index contributed by atoms with van der Waals surface area (Å²) < 4.78 is 31.9. The zero-order valence-corrected chi connectivity index (χ0v) is 11.6. The lowest BCUT2D eigenvalue weighted by Gasteiger charge is -2.17. The lowest BCUT2D eigenvalue weighted by molar-refractivity contribution is 0.430. The van der Waals surface area contributed by atoms with Gasteiger partial charge >= 0.3 is 0 Å². The third-order valence-electron chi connectivity index (χ3n) is 3.40. The first-order valence-corrected chi connectivity index (χ1v) is 7.79. The fraction of sp³-hybridized carbons (Fsp3) is 0.308. The lowest BCUT2D eigenvalue weighted by Crippen LogP contribution is -2.32. The van der Waals surface area contributed by atoms with Crippen molar-refractivity contribution < 1.29 is 12.9 Å². The maximum Gasteiger partial charge on any atom is 0.243 e. The van der Waals surface area contributed by atoms with Crippen molar-refractivity contribution in [3.8, 4) is 11.3 Å². The Morgan fingerprint density at radius 1 is 1.30 bits per heavy atom. The van der Waals surface area contributed by atoms with Crippen LogP contribution in [0.5, 0.6) is 0 Å². The molecule has 2 aromatic rings. The molecular weight excluding hydrogens is 278 g/mol. The van der Waals surface area contributed by atoms with Gasteiger partial charge in [-0.05, 0) is 18.6 Å². The van der Waals surface area contributed by atoms with Gasteiger partial charge in [0.1, 0.15) is 0 Å². The molecule has 3 rings (SSSR count). The molecule has 1 aromatic heterocycles. The first-order valence-electron chi connectivity index (χ1n) is 6.35. The van der Waals surface area contributed by atoms with E-state index in [0.717, 1.165) is 0 Å². The molecule has 20 heavy (non-hydrogen) atoms. The molecule has 0 bridgehead atoms. The van der Waals surface area contributed by atoms with Gasteiger partial charge in [-0.15, -0.1) is 0 Å². The van der Waals surface area contributed by atoms with Crippen molar-refractivity contribution in [1.29, 1.82) is 0 Å². The highest BCUT2D eigenvalue weighted by Crippen LogP contribution is 2.30. The van der Waals surface area contributed by atoms with Crippen LogP contribution in [0, 0.1) is 0 Å². The van der Waals surface area contributed by atoms with Crippen molar-refractivity contribution in [2.45, 2.75) is 17.4 Å². The fourth-order valence-electron chi connectivity index (χ4n) is 2.36. The van der Waals surface area contributed by atoms with E-state index in [0.29, 0.717) is 30.8 Å². The van der Waals surface area contributed by atoms with Gasteiger partial charge in [0.15, 0.2) is 5.76 Å². The summed E-state index contributed by atoms with van der Waals surface area (Å²) in [5.74, 6) is 0.438. The maximum atomic E-state index is 12.7. The van der Waals surface area contributed by atoms with Crippen LogP contribution < -0.4 is 5.73 Å². The van der Waals surface area contributed by atoms with E-state index < -0.39 is 10.0 Å². The van der Waals surface area contributed by atoms with Gasteiger partial charge in [-0.2, -0.15) is 4.31 Å². The minimum atomic E-state index is -3.56. The molecule has 0 aliphatic carbocycles. The van der Waals surface area contributed by atoms with Gasteiger partial charge in [0, 0.05) is 30.8 Å². The highest BCUT2D eigenvalue weighted by atomic mass is 32.2. The summed E-state index contributed by atoms with van der Waals surface area (Å²) in [6.07, 6.45) is 2.17. The minimum Gasteiger partial charge on any atom is -0.356 e. The standard InChI is InChI=1S/C13H15N3O3S/c14-10-6-8-16(9-10)20(17,18)13-4-2-1-3-11(13)12-5-7-15-19-12/h1-5,7,10H,6,8-9,14H2/t10-/m0/s1. The number of hydrogen-bond acceptors (Lipinski definition) is 5. The smallest absolute Gasteiger partial charge is 0.243 e. The Labute approximate surface area is 117 Å². The van der Waals surface area contributed by atoms with E-state index in [4.69, 9.17) is 10.3 Å². The Morgan fingerprint density at radius 3 is 2.75 bits per heavy atom. The number of rotatable bonds is 3. The predicted octanol–water partition coefficient (Wildman–Crippen LogP) is 1.06. The van der Waals surface area contributed by atoms with Crippen molar-refractivity contribution in [2.75, 3.05) is 13.1 Å². The summed E-state index contributed by atoms with van der Waals surface area (Å²) in [6.45, 7) is 0.807. The van der Waals surface area contributed by atoms with Crippen LogP contribution in [0.15, 0.2) is 45.9 Å². The largest absolute Gasteiger partial charge is 0.356 e. The van der Waals surface area contributed by atoms with Crippen LogP contribution in [0.4, 0.5) is 0 Å². The third-order valence-corrected chi connectivity index (χ3v) is 5.32. The van der Waals surface area contributed by atoms with Crippen LogP contribution in [-0.4, -0.2) is 37.0 Å². The zero-order valence-electron chi connectivity index (χ0n) is 10.8. The number of benzene rings is 1. The van der Waals surface area contributed by atoms with Crippen molar-refractivity contribution >= 4 is 10.0 Å². The molecule has 6 nitrogen and oxygen atoms in total. The highest BCUT2D eigenvalue weighted by Gasteiger charge is 2.32. The second-order valence-corrected chi connectivity index (χ2v) is 6.69. The molecule has 2 heterocycles. The molecule has 1 fully saturated rings. The minimum absolute atomic E-state index is 0.0952. The summed E-state index contributed by atoms with van der Waals surface area (Å²) in [7, 11) is -3.56. The molecule has 1 saturated heterocycles. The molecule has 2 N–H and O–H groups in total. The molecule has 106 valence electrons. The van der Waals surface area contributed by atoms with Gasteiger partial charge in [0.05, 0.1) is 11.1 Å². The predicted molar refractivity (Wildman–Crippen MR) is 73.3 cm³/mol. The van der Waals surface area contributed by atoms with E-state index in [-0.39, 0.29) is 10.9 Å². The molecule has 0 saturated carbocycles. The molecule has 1 aliphatic rings. The van der Waals surface area contributed by atoms with E-state index in [2.05, 4.69) is 5.16 Å². The second kappa shape index (κ2) is 5.01. The molecule has 0 spiro atoms. The second-order valence-electron chi connectivity index (χ2n) is 4.78. The SMILES string of the molecule is N[C@H]1CCN(S(=O)(=O)c2ccccc2-c2ccno2)C1. The molecular formula is C13H15N3O3S. The summed E-state index contributed by atoms with van der Waals surface area (Å²) >= 11 is 0. The van der Waals surface area contributed by atoms with Crippen molar-refractivity contribution in [2.24, 2.45) is 5.73 Å². The quantitative estimate of drug-likeness (QED) is 0.914. The van der Waals surface area contributed by atoms with Gasteiger partial charge < -0.3 is 10.3 Å². The summed E-state index contributed by atoms with van der Waals surface area (Å²) in [5, 5.41) is 3.63. The van der Waals surface area contributed by atoms with Crippen LogP contribution in [0.25, 0.3) is 11.3 Å². The number of nitrogens with two attached hydrogens (primary N) is 1. The van der Waals surface area contributed by atoms with E-state index >= 15 is 0 Å². The molecule has 7 heteroatoms. The first kappa shape index (κ1) is 13.3. The molecule has 0 unspecified atom stereocenters. The first-order chi connectivity index (χ1) is 9.59. The molecule has 1 aromatic carbocycles. The monoisotopic (exact) mass is 293 g/mol. The van der Waals surface area contributed by atoms with E-state index in [1.807, 2.05) is 0 Å². The number of nitrogens with zero attached hydrogens (tertiary/aromatic N) is 2. The van der Waals surface area contributed by atoms with Gasteiger partial charge in [-0.1, -0.05) is 17.3 Å². The zero-order chi connectivity index (χ0) is 14.2. The van der Waals surface area contributed by atoms with Gasteiger partial charge in [0.25, 0.3) is 0 Å². The van der Waals surface area contributed by atoms with Gasteiger partial charge in [-0.25, -0.2) is 8.42 Å². The Bertz CT molecular complexity index is 697. The summed E-state index contributed by atoms with van der Waals surface area (Å²) in [4.78, 5) is 0.228. The summed E-state index contributed by atoms with van der Waals surface area (Å²) in [5.41, 5.74) is 6.32. The average Bonchev–Trinajstić information content (AvgIpc) is 3.10. The summed E-state index contributed by atoms with van der Waals surface area (Å²) in [6, 6.07) is 8.31. The Kier molecular flexibility index (Phi) is 3.33. The Balaban J connectivity index is 2.06. The Hall–Kier alpha value is -1.70. The van der Waals surface area contributed by atoms with Crippen LogP contribution in [0.3, 0.4) is 0 Å². The van der Waals surface area contributed by atoms with E-state index in [1.54, 1.807) is 30.3 Å². The highest BCUT2D eigenvalue weighted by molar-refractivity contribution is 7.89. The van der Waals surface area contributed by atoms with Gasteiger partial charge in [0.2, 0.25) is 10.0 Å². The van der Waals surface area contributed by atoms with Crippen molar-refractivity contribution in [3.63, 3.8) is 0 Å². The van der Waals surface area contributed by atoms with Crippen LogP contribution in [0.2, 0.25) is 0 Å². The molecule has 1 aliphatic heterocycles. The normalized spacial score (nSPS) is 20.4. The van der Waals surface area contributed by atoms with Crippen molar-refractivity contribution in [3.05, 3.63) is 36.5 Å². The molecule has 0 amide bonds. The van der Waals surface area contributed by atoms with Gasteiger partial charge in [-0.3, -0.25) is 0 Å². The number of aromatic nitrogens is 1. The third kappa shape index (κ3) is 2.24.